The van der Waals surface area contributed by atoms with Crippen LogP contribution in [0.1, 0.15) is 5.56 Å². The van der Waals surface area contributed by atoms with Crippen LogP contribution in [0.2, 0.25) is 0 Å². The van der Waals surface area contributed by atoms with Crippen molar-refractivity contribution in [3.8, 4) is 5.75 Å². The van der Waals surface area contributed by atoms with Crippen LogP contribution >= 0.6 is 0 Å². The lowest BCUT2D eigenvalue weighted by Crippen LogP contribution is -2.59. The minimum absolute atomic E-state index is 0.0301. The molecule has 1 aliphatic heterocycles. The second-order valence-corrected chi connectivity index (χ2v) is 5.84. The van der Waals surface area contributed by atoms with Crippen LogP contribution in [-0.4, -0.2) is 62.7 Å². The van der Waals surface area contributed by atoms with Crippen LogP contribution < -0.4 is 5.63 Å². The number of rotatable bonds is 3. The van der Waals surface area contributed by atoms with Gasteiger partial charge in [0, 0.05) is 23.9 Å². The third-order valence-corrected chi connectivity index (χ3v) is 4.23. The summed E-state index contributed by atoms with van der Waals surface area (Å²) in [6.07, 6.45) is -6.19. The number of ether oxygens (including phenoxy) is 1. The summed E-state index contributed by atoms with van der Waals surface area (Å²) in [5.74, 6) is -0.159. The minimum atomic E-state index is -1.47. The van der Waals surface area contributed by atoms with Gasteiger partial charge in [0.25, 0.3) is 0 Å². The summed E-state index contributed by atoms with van der Waals surface area (Å²) in [5, 5.41) is 49.5. The first-order valence-corrected chi connectivity index (χ1v) is 7.47. The zero-order chi connectivity index (χ0) is 17.4. The largest absolute Gasteiger partial charge is 0.508 e. The van der Waals surface area contributed by atoms with Crippen LogP contribution in [0.3, 0.4) is 0 Å². The van der Waals surface area contributed by atoms with Crippen LogP contribution in [-0.2, 0) is 11.2 Å². The van der Waals surface area contributed by atoms with Crippen molar-refractivity contribution < 1.29 is 34.7 Å². The molecule has 0 spiro atoms. The van der Waals surface area contributed by atoms with E-state index in [2.05, 4.69) is 0 Å². The fourth-order valence-electron chi connectivity index (χ4n) is 2.88. The SMILES string of the molecule is O=c1ccc2cc(C[C@@H]3O[C@H](CO)[C@@H](O)[C@H](O)[C@H]3O)c(O)cc2o1. The molecular weight excluding hydrogens is 320 g/mol. The highest BCUT2D eigenvalue weighted by Crippen LogP contribution is 2.29. The quantitative estimate of drug-likeness (QED) is 0.443. The Balaban J connectivity index is 1.89. The van der Waals surface area contributed by atoms with E-state index >= 15 is 0 Å². The molecule has 8 nitrogen and oxygen atoms in total. The average molecular weight is 338 g/mol. The highest BCUT2D eigenvalue weighted by molar-refractivity contribution is 5.79. The van der Waals surface area contributed by atoms with Crippen molar-refractivity contribution in [3.05, 3.63) is 40.2 Å². The average Bonchev–Trinajstić information content (AvgIpc) is 2.56. The number of hydrogen-bond acceptors (Lipinski definition) is 8. The Bertz CT molecular complexity index is 783. The second-order valence-electron chi connectivity index (χ2n) is 5.84. The molecular formula is C16H18O8. The molecule has 8 heteroatoms. The van der Waals surface area contributed by atoms with Crippen molar-refractivity contribution in [2.45, 2.75) is 36.9 Å². The zero-order valence-corrected chi connectivity index (χ0v) is 12.6. The molecule has 5 N–H and O–H groups in total. The van der Waals surface area contributed by atoms with Gasteiger partial charge >= 0.3 is 5.63 Å². The second kappa shape index (κ2) is 6.50. The molecule has 0 saturated carbocycles. The van der Waals surface area contributed by atoms with Gasteiger partial charge in [-0.1, -0.05) is 0 Å². The molecule has 1 saturated heterocycles. The summed E-state index contributed by atoms with van der Waals surface area (Å²) in [7, 11) is 0. The molecule has 24 heavy (non-hydrogen) atoms. The fraction of sp³-hybridized carbons (Fsp3) is 0.438. The molecule has 130 valence electrons. The van der Waals surface area contributed by atoms with Gasteiger partial charge in [0.05, 0.1) is 12.7 Å². The van der Waals surface area contributed by atoms with Crippen molar-refractivity contribution in [2.24, 2.45) is 0 Å². The highest BCUT2D eigenvalue weighted by atomic mass is 16.5. The van der Waals surface area contributed by atoms with E-state index in [0.717, 1.165) is 0 Å². The van der Waals surface area contributed by atoms with Crippen LogP contribution in [0.5, 0.6) is 5.75 Å². The van der Waals surface area contributed by atoms with Crippen molar-refractivity contribution in [1.82, 2.24) is 0 Å². The van der Waals surface area contributed by atoms with Crippen molar-refractivity contribution in [2.75, 3.05) is 6.61 Å². The van der Waals surface area contributed by atoms with E-state index in [1.165, 1.54) is 18.2 Å². The molecule has 0 bridgehead atoms. The molecule has 2 aromatic rings. The lowest BCUT2D eigenvalue weighted by Gasteiger charge is -2.40. The summed E-state index contributed by atoms with van der Waals surface area (Å²) in [5.41, 5.74) is 0.0850. The molecule has 0 unspecified atom stereocenters. The predicted octanol–water partition coefficient (Wildman–Crippen LogP) is -1.12. The Kier molecular flexibility index (Phi) is 4.57. The minimum Gasteiger partial charge on any atom is -0.508 e. The summed E-state index contributed by atoms with van der Waals surface area (Å²) < 4.78 is 10.4. The topological polar surface area (TPSA) is 141 Å². The number of aliphatic hydroxyl groups is 4. The Labute approximate surface area is 136 Å². The third-order valence-electron chi connectivity index (χ3n) is 4.23. The van der Waals surface area contributed by atoms with Crippen molar-refractivity contribution >= 4 is 11.0 Å². The first-order valence-electron chi connectivity index (χ1n) is 7.47. The molecule has 1 fully saturated rings. The number of phenols is 1. The molecule has 0 aliphatic carbocycles. The molecule has 5 atom stereocenters. The number of phenolic OH excluding ortho intramolecular Hbond substituents is 1. The number of fused-ring (bicyclic) bond motifs is 1. The molecule has 0 radical (unpaired) electrons. The van der Waals surface area contributed by atoms with E-state index in [0.29, 0.717) is 10.9 Å². The summed E-state index contributed by atoms with van der Waals surface area (Å²) in [6.45, 7) is -0.518. The Morgan fingerprint density at radius 2 is 1.71 bits per heavy atom. The molecule has 3 rings (SSSR count). The molecule has 1 aliphatic rings. The monoisotopic (exact) mass is 338 g/mol. The fourth-order valence-corrected chi connectivity index (χ4v) is 2.88. The van der Waals surface area contributed by atoms with Gasteiger partial charge in [0.15, 0.2) is 0 Å². The molecule has 0 amide bonds. The van der Waals surface area contributed by atoms with Gasteiger partial charge in [0.1, 0.15) is 35.7 Å². The Morgan fingerprint density at radius 3 is 2.42 bits per heavy atom. The van der Waals surface area contributed by atoms with Crippen LogP contribution in [0.25, 0.3) is 11.0 Å². The molecule has 2 heterocycles. The number of hydrogen-bond donors (Lipinski definition) is 5. The van der Waals surface area contributed by atoms with Gasteiger partial charge in [-0.15, -0.1) is 0 Å². The summed E-state index contributed by atoms with van der Waals surface area (Å²) in [6, 6.07) is 5.65. The third kappa shape index (κ3) is 3.02. The van der Waals surface area contributed by atoms with Crippen LogP contribution in [0.15, 0.2) is 33.5 Å². The zero-order valence-electron chi connectivity index (χ0n) is 12.6. The van der Waals surface area contributed by atoms with Gasteiger partial charge in [-0.25, -0.2) is 4.79 Å². The number of benzene rings is 1. The van der Waals surface area contributed by atoms with E-state index < -0.39 is 42.8 Å². The van der Waals surface area contributed by atoms with Gasteiger partial charge in [-0.2, -0.15) is 0 Å². The van der Waals surface area contributed by atoms with Gasteiger partial charge in [-0.05, 0) is 17.7 Å². The van der Waals surface area contributed by atoms with E-state index in [-0.39, 0.29) is 17.8 Å². The van der Waals surface area contributed by atoms with E-state index in [4.69, 9.17) is 9.15 Å². The number of aliphatic hydroxyl groups excluding tert-OH is 4. The predicted molar refractivity (Wildman–Crippen MR) is 81.6 cm³/mol. The van der Waals surface area contributed by atoms with Crippen molar-refractivity contribution in [3.63, 3.8) is 0 Å². The Hall–Kier alpha value is -1.97. The van der Waals surface area contributed by atoms with E-state index in [9.17, 15) is 30.3 Å². The smallest absolute Gasteiger partial charge is 0.336 e. The summed E-state index contributed by atoms with van der Waals surface area (Å²) in [4.78, 5) is 11.2. The van der Waals surface area contributed by atoms with Crippen LogP contribution in [0.4, 0.5) is 0 Å². The first kappa shape index (κ1) is 16.9. The van der Waals surface area contributed by atoms with Crippen LogP contribution in [0, 0.1) is 0 Å². The van der Waals surface area contributed by atoms with E-state index in [1.54, 1.807) is 6.07 Å². The highest BCUT2D eigenvalue weighted by Gasteiger charge is 2.43. The maximum atomic E-state index is 11.2. The molecule has 1 aromatic heterocycles. The lowest BCUT2D eigenvalue weighted by molar-refractivity contribution is -0.228. The van der Waals surface area contributed by atoms with Gasteiger partial charge < -0.3 is 34.7 Å². The molecule has 1 aromatic carbocycles. The van der Waals surface area contributed by atoms with Crippen molar-refractivity contribution in [1.29, 1.82) is 0 Å². The van der Waals surface area contributed by atoms with Gasteiger partial charge in [0.2, 0.25) is 0 Å². The lowest BCUT2D eigenvalue weighted by atomic mass is 9.91. The Morgan fingerprint density at radius 1 is 1.00 bits per heavy atom. The number of aromatic hydroxyl groups is 1. The maximum Gasteiger partial charge on any atom is 0.336 e. The normalized spacial score (nSPS) is 30.6. The standard InChI is InChI=1S/C16H18O8/c17-6-12-15(21)16(22)14(20)11(23-12)4-8-3-7-1-2-13(19)24-10(7)5-9(8)18/h1-3,5,11-12,14-18,20-22H,4,6H2/t11-,12+,14-,15+,16+/m0/s1. The van der Waals surface area contributed by atoms with E-state index in [1.807, 2.05) is 0 Å². The maximum absolute atomic E-state index is 11.2. The first-order chi connectivity index (χ1) is 11.4. The summed E-state index contributed by atoms with van der Waals surface area (Å²) >= 11 is 0. The van der Waals surface area contributed by atoms with Gasteiger partial charge in [-0.3, -0.25) is 0 Å².